The lowest BCUT2D eigenvalue weighted by Gasteiger charge is -2.29. The Labute approximate surface area is 183 Å². The van der Waals surface area contributed by atoms with E-state index in [2.05, 4.69) is 10.3 Å². The van der Waals surface area contributed by atoms with Gasteiger partial charge in [0.05, 0.1) is 11.7 Å². The van der Waals surface area contributed by atoms with E-state index < -0.39 is 0 Å². The third-order valence-corrected chi connectivity index (χ3v) is 5.69. The van der Waals surface area contributed by atoms with Crippen molar-refractivity contribution in [1.29, 1.82) is 0 Å². The number of hydrogen-bond donors (Lipinski definition) is 1. The Morgan fingerprint density at radius 2 is 1.68 bits per heavy atom. The fraction of sp³-hybridized carbons (Fsp3) is 0.0833. The summed E-state index contributed by atoms with van der Waals surface area (Å²) in [5.41, 5.74) is 3.19. The first-order chi connectivity index (χ1) is 15.1. The van der Waals surface area contributed by atoms with Crippen LogP contribution in [-0.4, -0.2) is 14.7 Å². The number of halogens is 2. The van der Waals surface area contributed by atoms with Crippen LogP contribution < -0.4 is 10.2 Å². The van der Waals surface area contributed by atoms with E-state index in [1.165, 1.54) is 24.3 Å². The summed E-state index contributed by atoms with van der Waals surface area (Å²) in [4.78, 5) is 6.49. The summed E-state index contributed by atoms with van der Waals surface area (Å²) in [5, 5.41) is 3.89. The lowest BCUT2D eigenvalue weighted by Crippen LogP contribution is -2.30. The van der Waals surface area contributed by atoms with Crippen molar-refractivity contribution in [3.05, 3.63) is 114 Å². The van der Waals surface area contributed by atoms with E-state index in [1.807, 2.05) is 52.1 Å². The third kappa shape index (κ3) is 3.57. The average molecular weight is 432 g/mol. The molecule has 1 saturated heterocycles. The molecular formula is C24H18F2N4S. The van der Waals surface area contributed by atoms with Crippen LogP contribution in [-0.2, 0) is 0 Å². The van der Waals surface area contributed by atoms with Crippen molar-refractivity contribution in [2.45, 2.75) is 12.1 Å². The predicted octanol–water partition coefficient (Wildman–Crippen LogP) is 5.33. The van der Waals surface area contributed by atoms with Crippen LogP contribution in [0.5, 0.6) is 0 Å². The highest BCUT2D eigenvalue weighted by atomic mass is 32.1. The highest BCUT2D eigenvalue weighted by Gasteiger charge is 2.42. The molecule has 0 aliphatic carbocycles. The van der Waals surface area contributed by atoms with Crippen molar-refractivity contribution < 1.29 is 8.78 Å². The zero-order chi connectivity index (χ0) is 21.4. The Kier molecular flexibility index (Phi) is 4.95. The maximum absolute atomic E-state index is 13.9. The number of pyridine rings is 1. The second kappa shape index (κ2) is 7.92. The number of benzene rings is 2. The van der Waals surface area contributed by atoms with Crippen molar-refractivity contribution in [1.82, 2.24) is 14.9 Å². The van der Waals surface area contributed by atoms with Crippen molar-refractivity contribution in [3.63, 3.8) is 0 Å². The number of anilines is 1. The molecule has 3 heterocycles. The highest BCUT2D eigenvalue weighted by Crippen LogP contribution is 2.42. The molecule has 31 heavy (non-hydrogen) atoms. The van der Waals surface area contributed by atoms with Gasteiger partial charge in [0.2, 0.25) is 0 Å². The minimum absolute atomic E-state index is 0.249. The Morgan fingerprint density at radius 1 is 0.839 bits per heavy atom. The maximum Gasteiger partial charge on any atom is 0.174 e. The topological polar surface area (TPSA) is 33.1 Å². The van der Waals surface area contributed by atoms with Crippen molar-refractivity contribution >= 4 is 23.0 Å². The van der Waals surface area contributed by atoms with Gasteiger partial charge in [0, 0.05) is 29.5 Å². The van der Waals surface area contributed by atoms with Crippen LogP contribution in [0.4, 0.5) is 14.5 Å². The maximum atomic E-state index is 13.9. The Balaban J connectivity index is 1.67. The monoisotopic (exact) mass is 432 g/mol. The summed E-state index contributed by atoms with van der Waals surface area (Å²) < 4.78 is 29.5. The van der Waals surface area contributed by atoms with Gasteiger partial charge in [0.1, 0.15) is 17.7 Å². The summed E-state index contributed by atoms with van der Waals surface area (Å²) in [6, 6.07) is 21.8. The zero-order valence-electron chi connectivity index (χ0n) is 16.3. The summed E-state index contributed by atoms with van der Waals surface area (Å²) in [6.07, 6.45) is 3.63. The molecule has 0 radical (unpaired) electrons. The second-order valence-electron chi connectivity index (χ2n) is 7.26. The van der Waals surface area contributed by atoms with Crippen LogP contribution in [0.3, 0.4) is 0 Å². The first-order valence-corrected chi connectivity index (χ1v) is 10.2. The van der Waals surface area contributed by atoms with E-state index in [4.69, 9.17) is 12.2 Å². The lowest BCUT2D eigenvalue weighted by molar-refractivity contribution is 0.548. The second-order valence-corrected chi connectivity index (χ2v) is 7.64. The van der Waals surface area contributed by atoms with Gasteiger partial charge in [-0.15, -0.1) is 0 Å². The van der Waals surface area contributed by atoms with Gasteiger partial charge < -0.3 is 14.8 Å². The quantitative estimate of drug-likeness (QED) is 0.442. The number of nitrogens with zero attached hydrogens (tertiary/aromatic N) is 3. The van der Waals surface area contributed by atoms with E-state index in [0.717, 1.165) is 17.1 Å². The standard InChI is InChI=1S/C24H18F2N4S/c25-16-9-11-18(12-10-16)30-23(22(28-24(30)31)20-7-1-2-13-27-20)21-8-4-14-29(21)19-6-3-5-17(26)15-19/h1-15,22-23H,(H,28,31)/t22-,23+/m1/s1. The average Bonchev–Trinajstić information content (AvgIpc) is 3.39. The van der Waals surface area contributed by atoms with Crippen LogP contribution in [0.25, 0.3) is 5.69 Å². The highest BCUT2D eigenvalue weighted by molar-refractivity contribution is 7.80. The molecule has 0 bridgehead atoms. The molecule has 7 heteroatoms. The van der Waals surface area contributed by atoms with Gasteiger partial charge in [0.25, 0.3) is 0 Å². The molecule has 5 rings (SSSR count). The van der Waals surface area contributed by atoms with E-state index in [0.29, 0.717) is 10.8 Å². The Bertz CT molecular complexity index is 1220. The Hall–Kier alpha value is -3.58. The molecule has 4 nitrogen and oxygen atoms in total. The molecule has 2 atom stereocenters. The van der Waals surface area contributed by atoms with Gasteiger partial charge in [-0.25, -0.2) is 8.78 Å². The SMILES string of the molecule is Fc1ccc(N2C(=S)N[C@H](c3ccccn3)[C@@H]2c2cccn2-c2cccc(F)c2)cc1. The third-order valence-electron chi connectivity index (χ3n) is 5.37. The molecule has 0 saturated carbocycles. The minimum Gasteiger partial charge on any atom is -0.351 e. The molecule has 4 aromatic rings. The molecule has 0 unspecified atom stereocenters. The van der Waals surface area contributed by atoms with Gasteiger partial charge >= 0.3 is 0 Å². The van der Waals surface area contributed by atoms with Crippen LogP contribution >= 0.6 is 12.2 Å². The van der Waals surface area contributed by atoms with Crippen molar-refractivity contribution in [2.75, 3.05) is 4.90 Å². The first kappa shape index (κ1) is 19.4. The molecule has 2 aromatic carbocycles. The predicted molar refractivity (Wildman–Crippen MR) is 120 cm³/mol. The number of aromatic nitrogens is 2. The first-order valence-electron chi connectivity index (χ1n) is 9.81. The summed E-state index contributed by atoms with van der Waals surface area (Å²) in [7, 11) is 0. The molecule has 154 valence electrons. The Morgan fingerprint density at radius 3 is 2.42 bits per heavy atom. The molecular weight excluding hydrogens is 414 g/mol. The number of thiocarbonyl (C=S) groups is 1. The number of rotatable bonds is 4. The zero-order valence-corrected chi connectivity index (χ0v) is 17.1. The van der Waals surface area contributed by atoms with Gasteiger partial charge in [-0.2, -0.15) is 0 Å². The van der Waals surface area contributed by atoms with E-state index in [-0.39, 0.29) is 23.7 Å². The normalized spacial score (nSPS) is 18.3. The molecule has 1 aliphatic rings. The smallest absolute Gasteiger partial charge is 0.174 e. The summed E-state index contributed by atoms with van der Waals surface area (Å²) in [5.74, 6) is -0.628. The molecule has 1 N–H and O–H groups in total. The number of nitrogens with one attached hydrogen (secondary N) is 1. The fourth-order valence-corrected chi connectivity index (χ4v) is 4.38. The minimum atomic E-state index is -0.317. The molecule has 2 aromatic heterocycles. The lowest BCUT2D eigenvalue weighted by atomic mass is 10.0. The summed E-state index contributed by atoms with van der Waals surface area (Å²) in [6.45, 7) is 0. The molecule has 0 amide bonds. The summed E-state index contributed by atoms with van der Waals surface area (Å²) >= 11 is 5.69. The molecule has 1 aliphatic heterocycles. The fourth-order valence-electron chi connectivity index (χ4n) is 4.03. The van der Waals surface area contributed by atoms with Crippen molar-refractivity contribution in [3.8, 4) is 5.69 Å². The van der Waals surface area contributed by atoms with Crippen LogP contribution in [0.15, 0.2) is 91.3 Å². The van der Waals surface area contributed by atoms with Crippen LogP contribution in [0, 0.1) is 11.6 Å². The van der Waals surface area contributed by atoms with E-state index >= 15 is 0 Å². The molecule has 0 spiro atoms. The van der Waals surface area contributed by atoms with E-state index in [1.54, 1.807) is 24.4 Å². The largest absolute Gasteiger partial charge is 0.351 e. The van der Waals surface area contributed by atoms with Gasteiger partial charge in [-0.3, -0.25) is 4.98 Å². The van der Waals surface area contributed by atoms with Gasteiger partial charge in [-0.1, -0.05) is 12.1 Å². The molecule has 1 fully saturated rings. The van der Waals surface area contributed by atoms with Gasteiger partial charge in [-0.05, 0) is 78.9 Å². The van der Waals surface area contributed by atoms with E-state index in [9.17, 15) is 8.78 Å². The van der Waals surface area contributed by atoms with Gasteiger partial charge in [0.15, 0.2) is 5.11 Å². The number of hydrogen-bond acceptors (Lipinski definition) is 2. The van der Waals surface area contributed by atoms with Crippen molar-refractivity contribution in [2.24, 2.45) is 0 Å². The van der Waals surface area contributed by atoms with Crippen LogP contribution in [0.2, 0.25) is 0 Å². The van der Waals surface area contributed by atoms with Crippen LogP contribution in [0.1, 0.15) is 23.5 Å².